The smallest absolute Gasteiger partial charge is 0.0640 e. The lowest BCUT2D eigenvalue weighted by atomic mass is 10.1. The maximum absolute atomic E-state index is 8.72. The van der Waals surface area contributed by atoms with Crippen LogP contribution in [0.2, 0.25) is 0 Å². The zero-order chi connectivity index (χ0) is 12.8. The van der Waals surface area contributed by atoms with Crippen molar-refractivity contribution in [3.63, 3.8) is 0 Å². The van der Waals surface area contributed by atoms with Gasteiger partial charge in [-0.15, -0.1) is 0 Å². The minimum Gasteiger partial charge on any atom is -0.399 e. The summed E-state index contributed by atoms with van der Waals surface area (Å²) in [6.45, 7) is 8.15. The summed E-state index contributed by atoms with van der Waals surface area (Å²) in [5.74, 6) is 0.564. The molecule has 0 amide bonds. The SMILES string of the molecule is Cc1ccc(N)cc1N(CCC#N)CC(C)C. The number of rotatable bonds is 5. The molecule has 1 rings (SSSR count). The van der Waals surface area contributed by atoms with E-state index >= 15 is 0 Å². The number of benzene rings is 1. The molecule has 1 aromatic rings. The summed E-state index contributed by atoms with van der Waals surface area (Å²) in [6.07, 6.45) is 0.543. The van der Waals surface area contributed by atoms with E-state index in [0.717, 1.165) is 24.5 Å². The molecule has 0 saturated carbocycles. The Kier molecular flexibility index (Phi) is 4.84. The maximum atomic E-state index is 8.72. The van der Waals surface area contributed by atoms with E-state index in [4.69, 9.17) is 11.0 Å². The minimum atomic E-state index is 0.543. The molecule has 0 bridgehead atoms. The van der Waals surface area contributed by atoms with Gasteiger partial charge in [0.25, 0.3) is 0 Å². The van der Waals surface area contributed by atoms with E-state index in [-0.39, 0.29) is 0 Å². The third-order valence-corrected chi connectivity index (χ3v) is 2.65. The number of aryl methyl sites for hydroxylation is 1. The van der Waals surface area contributed by atoms with Gasteiger partial charge in [-0.2, -0.15) is 5.26 Å². The van der Waals surface area contributed by atoms with Crippen molar-refractivity contribution in [3.8, 4) is 6.07 Å². The topological polar surface area (TPSA) is 53.0 Å². The molecule has 0 heterocycles. The maximum Gasteiger partial charge on any atom is 0.0640 e. The number of hydrogen-bond donors (Lipinski definition) is 1. The first-order valence-electron chi connectivity index (χ1n) is 6.02. The fraction of sp³-hybridized carbons (Fsp3) is 0.500. The fourth-order valence-corrected chi connectivity index (χ4v) is 1.90. The molecule has 0 atom stereocenters. The number of anilines is 2. The predicted molar refractivity (Wildman–Crippen MR) is 72.9 cm³/mol. The van der Waals surface area contributed by atoms with Crippen molar-refractivity contribution in [2.24, 2.45) is 5.92 Å². The molecule has 0 aliphatic heterocycles. The lowest BCUT2D eigenvalue weighted by Crippen LogP contribution is -2.29. The average Bonchev–Trinajstić information content (AvgIpc) is 2.27. The van der Waals surface area contributed by atoms with Crippen LogP contribution in [0, 0.1) is 24.2 Å². The van der Waals surface area contributed by atoms with Gasteiger partial charge < -0.3 is 10.6 Å². The minimum absolute atomic E-state index is 0.543. The van der Waals surface area contributed by atoms with Gasteiger partial charge >= 0.3 is 0 Å². The van der Waals surface area contributed by atoms with Crippen LogP contribution in [-0.4, -0.2) is 13.1 Å². The molecule has 3 heteroatoms. The predicted octanol–water partition coefficient (Wildman–Crippen LogP) is 2.95. The summed E-state index contributed by atoms with van der Waals surface area (Å²) in [7, 11) is 0. The molecule has 0 saturated heterocycles. The second kappa shape index (κ2) is 6.15. The van der Waals surface area contributed by atoms with E-state index in [1.54, 1.807) is 0 Å². The summed E-state index contributed by atoms with van der Waals surface area (Å²) >= 11 is 0. The average molecular weight is 231 g/mol. The first kappa shape index (κ1) is 13.4. The molecular weight excluding hydrogens is 210 g/mol. The Bertz CT molecular complexity index is 404. The number of nitrogens with two attached hydrogens (primary N) is 1. The third-order valence-electron chi connectivity index (χ3n) is 2.65. The number of nitrogens with zero attached hydrogens (tertiary/aromatic N) is 2. The highest BCUT2D eigenvalue weighted by atomic mass is 15.1. The van der Waals surface area contributed by atoms with E-state index in [1.165, 1.54) is 5.56 Å². The first-order chi connectivity index (χ1) is 8.04. The van der Waals surface area contributed by atoms with Gasteiger partial charge in [0, 0.05) is 24.5 Å². The van der Waals surface area contributed by atoms with Gasteiger partial charge in [-0.1, -0.05) is 19.9 Å². The van der Waals surface area contributed by atoms with Crippen molar-refractivity contribution in [2.45, 2.75) is 27.2 Å². The standard InChI is InChI=1S/C14H21N3/c1-11(2)10-17(8-4-7-15)14-9-13(16)6-5-12(14)3/h5-6,9,11H,4,8,10,16H2,1-3H3. The Morgan fingerprint density at radius 1 is 1.41 bits per heavy atom. The van der Waals surface area contributed by atoms with Gasteiger partial charge in [-0.05, 0) is 30.5 Å². The van der Waals surface area contributed by atoms with Crippen LogP contribution < -0.4 is 10.6 Å². The molecule has 2 N–H and O–H groups in total. The molecule has 17 heavy (non-hydrogen) atoms. The second-order valence-electron chi connectivity index (χ2n) is 4.79. The molecule has 0 unspecified atom stereocenters. The lowest BCUT2D eigenvalue weighted by Gasteiger charge is -2.27. The van der Waals surface area contributed by atoms with Gasteiger partial charge in [0.1, 0.15) is 0 Å². The monoisotopic (exact) mass is 231 g/mol. The molecular formula is C14H21N3. The van der Waals surface area contributed by atoms with E-state index in [0.29, 0.717) is 12.3 Å². The van der Waals surface area contributed by atoms with Crippen LogP contribution in [0.25, 0.3) is 0 Å². The lowest BCUT2D eigenvalue weighted by molar-refractivity contribution is 0.611. The van der Waals surface area contributed by atoms with E-state index in [1.807, 2.05) is 18.2 Å². The highest BCUT2D eigenvalue weighted by Gasteiger charge is 2.11. The highest BCUT2D eigenvalue weighted by Crippen LogP contribution is 2.24. The van der Waals surface area contributed by atoms with Gasteiger partial charge in [0.15, 0.2) is 0 Å². The molecule has 92 valence electrons. The quantitative estimate of drug-likeness (QED) is 0.793. The van der Waals surface area contributed by atoms with Crippen LogP contribution in [-0.2, 0) is 0 Å². The van der Waals surface area contributed by atoms with Gasteiger partial charge in [-0.25, -0.2) is 0 Å². The number of nitrogen functional groups attached to an aromatic ring is 1. The highest BCUT2D eigenvalue weighted by molar-refractivity contribution is 5.60. The normalized spacial score (nSPS) is 10.3. The van der Waals surface area contributed by atoms with Gasteiger partial charge in [-0.3, -0.25) is 0 Å². The summed E-state index contributed by atoms with van der Waals surface area (Å²) in [4.78, 5) is 2.25. The van der Waals surface area contributed by atoms with Crippen molar-refractivity contribution >= 4 is 11.4 Å². The molecule has 0 aliphatic rings. The number of hydrogen-bond acceptors (Lipinski definition) is 3. The summed E-state index contributed by atoms with van der Waals surface area (Å²) in [5.41, 5.74) is 8.96. The molecule has 1 aromatic carbocycles. The van der Waals surface area contributed by atoms with Crippen molar-refractivity contribution in [3.05, 3.63) is 23.8 Å². The van der Waals surface area contributed by atoms with Crippen molar-refractivity contribution in [1.29, 1.82) is 5.26 Å². The van der Waals surface area contributed by atoms with Crippen LogP contribution in [0.1, 0.15) is 25.8 Å². The largest absolute Gasteiger partial charge is 0.399 e. The van der Waals surface area contributed by atoms with Crippen LogP contribution in [0.3, 0.4) is 0 Å². The van der Waals surface area contributed by atoms with E-state index in [9.17, 15) is 0 Å². The van der Waals surface area contributed by atoms with Crippen molar-refractivity contribution in [1.82, 2.24) is 0 Å². The van der Waals surface area contributed by atoms with Crippen LogP contribution in [0.4, 0.5) is 11.4 Å². The Hall–Kier alpha value is -1.69. The van der Waals surface area contributed by atoms with Gasteiger partial charge in [0.2, 0.25) is 0 Å². The number of nitriles is 1. The van der Waals surface area contributed by atoms with Gasteiger partial charge in [0.05, 0.1) is 12.5 Å². The second-order valence-corrected chi connectivity index (χ2v) is 4.79. The van der Waals surface area contributed by atoms with Crippen molar-refractivity contribution < 1.29 is 0 Å². The van der Waals surface area contributed by atoms with E-state index < -0.39 is 0 Å². The summed E-state index contributed by atoms with van der Waals surface area (Å²) in [5, 5.41) is 8.72. The van der Waals surface area contributed by atoms with E-state index in [2.05, 4.69) is 31.7 Å². The van der Waals surface area contributed by atoms with Crippen molar-refractivity contribution in [2.75, 3.05) is 23.7 Å². The molecule has 0 radical (unpaired) electrons. The summed E-state index contributed by atoms with van der Waals surface area (Å²) < 4.78 is 0. The Balaban J connectivity index is 2.94. The zero-order valence-electron chi connectivity index (χ0n) is 10.9. The molecule has 3 nitrogen and oxygen atoms in total. The Morgan fingerprint density at radius 3 is 2.71 bits per heavy atom. The van der Waals surface area contributed by atoms with Crippen LogP contribution in [0.15, 0.2) is 18.2 Å². The first-order valence-corrected chi connectivity index (χ1v) is 6.02. The third kappa shape index (κ3) is 3.99. The molecule has 0 spiro atoms. The molecule has 0 aliphatic carbocycles. The Labute approximate surface area is 104 Å². The molecule has 0 fully saturated rings. The Morgan fingerprint density at radius 2 is 2.12 bits per heavy atom. The fourth-order valence-electron chi connectivity index (χ4n) is 1.90. The van der Waals surface area contributed by atoms with Crippen LogP contribution in [0.5, 0.6) is 0 Å². The van der Waals surface area contributed by atoms with Crippen LogP contribution >= 0.6 is 0 Å². The molecule has 0 aromatic heterocycles. The zero-order valence-corrected chi connectivity index (χ0v) is 10.9. The summed E-state index contributed by atoms with van der Waals surface area (Å²) in [6, 6.07) is 8.14.